The van der Waals surface area contributed by atoms with Crippen LogP contribution in [0.15, 0.2) is 23.2 Å². The zero-order valence-electron chi connectivity index (χ0n) is 12.6. The summed E-state index contributed by atoms with van der Waals surface area (Å²) in [6, 6.07) is 4.12. The summed E-state index contributed by atoms with van der Waals surface area (Å²) in [5.41, 5.74) is 8.34. The average molecular weight is 310 g/mol. The van der Waals surface area contributed by atoms with Gasteiger partial charge in [-0.1, -0.05) is 0 Å². The number of nitrogens with two attached hydrogens (primary N) is 1. The first kappa shape index (κ1) is 14.1. The predicted octanol–water partition coefficient (Wildman–Crippen LogP) is 1.40. The molecule has 0 spiro atoms. The van der Waals surface area contributed by atoms with Crippen LogP contribution in [-0.2, 0) is 0 Å². The SMILES string of the molecule is Nc1nc(N[C@H]2CC[C@H](O)C2)c2ccc(C3=CC=NC3)nc2n1. The first-order chi connectivity index (χ1) is 11.2. The van der Waals surface area contributed by atoms with E-state index in [0.29, 0.717) is 18.0 Å². The second-order valence-corrected chi connectivity index (χ2v) is 5.99. The Bertz CT molecular complexity index is 816. The van der Waals surface area contributed by atoms with Gasteiger partial charge in [0.1, 0.15) is 5.82 Å². The quantitative estimate of drug-likeness (QED) is 0.790. The summed E-state index contributed by atoms with van der Waals surface area (Å²) in [6.07, 6.45) is 5.96. The Morgan fingerprint density at radius 1 is 1.17 bits per heavy atom. The fourth-order valence-corrected chi connectivity index (χ4v) is 3.11. The maximum absolute atomic E-state index is 9.68. The zero-order valence-corrected chi connectivity index (χ0v) is 12.6. The van der Waals surface area contributed by atoms with Crippen molar-refractivity contribution >= 4 is 34.6 Å². The second kappa shape index (κ2) is 5.58. The highest BCUT2D eigenvalue weighted by atomic mass is 16.3. The molecule has 7 nitrogen and oxygen atoms in total. The third-order valence-electron chi connectivity index (χ3n) is 4.29. The Labute approximate surface area is 133 Å². The molecule has 1 saturated carbocycles. The number of allylic oxidation sites excluding steroid dienone is 1. The summed E-state index contributed by atoms with van der Waals surface area (Å²) in [5, 5.41) is 13.9. The van der Waals surface area contributed by atoms with Crippen LogP contribution in [0.2, 0.25) is 0 Å². The molecular formula is C16H18N6O. The lowest BCUT2D eigenvalue weighted by Crippen LogP contribution is -2.18. The van der Waals surface area contributed by atoms with Gasteiger partial charge in [-0.25, -0.2) is 4.98 Å². The van der Waals surface area contributed by atoms with Gasteiger partial charge >= 0.3 is 0 Å². The number of nitrogens with zero attached hydrogens (tertiary/aromatic N) is 4. The smallest absolute Gasteiger partial charge is 0.224 e. The van der Waals surface area contributed by atoms with Gasteiger partial charge in [0.05, 0.1) is 23.7 Å². The van der Waals surface area contributed by atoms with E-state index in [1.165, 1.54) is 0 Å². The Morgan fingerprint density at radius 2 is 2.09 bits per heavy atom. The molecule has 0 saturated heterocycles. The number of aliphatic imine (C=N–C) groups is 1. The molecule has 0 bridgehead atoms. The third-order valence-corrected chi connectivity index (χ3v) is 4.29. The van der Waals surface area contributed by atoms with Gasteiger partial charge in [-0.3, -0.25) is 4.99 Å². The molecular weight excluding hydrogens is 292 g/mol. The number of nitrogen functional groups attached to an aromatic ring is 1. The molecule has 7 heteroatoms. The van der Waals surface area contributed by atoms with Crippen molar-refractivity contribution in [2.75, 3.05) is 17.6 Å². The minimum atomic E-state index is -0.239. The lowest BCUT2D eigenvalue weighted by molar-refractivity contribution is 0.182. The summed E-state index contributed by atoms with van der Waals surface area (Å²) < 4.78 is 0. The van der Waals surface area contributed by atoms with Crippen LogP contribution in [0, 0.1) is 0 Å². The van der Waals surface area contributed by atoms with Gasteiger partial charge in [-0.15, -0.1) is 0 Å². The summed E-state index contributed by atoms with van der Waals surface area (Å²) in [5.74, 6) is 0.877. The monoisotopic (exact) mass is 310 g/mol. The van der Waals surface area contributed by atoms with Gasteiger partial charge < -0.3 is 16.2 Å². The molecule has 2 aromatic rings. The van der Waals surface area contributed by atoms with Crippen LogP contribution in [0.1, 0.15) is 25.0 Å². The van der Waals surface area contributed by atoms with E-state index < -0.39 is 0 Å². The van der Waals surface area contributed by atoms with Gasteiger partial charge in [0.15, 0.2) is 5.65 Å². The van der Waals surface area contributed by atoms with Crippen molar-refractivity contribution in [2.24, 2.45) is 4.99 Å². The highest BCUT2D eigenvalue weighted by molar-refractivity contribution is 5.92. The van der Waals surface area contributed by atoms with Crippen LogP contribution in [0.4, 0.5) is 11.8 Å². The summed E-state index contributed by atoms with van der Waals surface area (Å²) in [7, 11) is 0. The molecule has 4 N–H and O–H groups in total. The Morgan fingerprint density at radius 3 is 2.83 bits per heavy atom. The van der Waals surface area contributed by atoms with Gasteiger partial charge in [-0.05, 0) is 37.5 Å². The number of aliphatic hydroxyl groups excluding tert-OH is 1. The molecule has 1 fully saturated rings. The fourth-order valence-electron chi connectivity index (χ4n) is 3.11. The Hall–Kier alpha value is -2.54. The van der Waals surface area contributed by atoms with Crippen molar-refractivity contribution in [3.05, 3.63) is 23.9 Å². The van der Waals surface area contributed by atoms with Crippen molar-refractivity contribution in [1.82, 2.24) is 15.0 Å². The van der Waals surface area contributed by atoms with Crippen molar-refractivity contribution in [3.63, 3.8) is 0 Å². The first-order valence-electron chi connectivity index (χ1n) is 7.77. The van der Waals surface area contributed by atoms with Crippen LogP contribution in [0.5, 0.6) is 0 Å². The molecule has 0 unspecified atom stereocenters. The number of aromatic nitrogens is 3. The molecule has 1 aliphatic carbocycles. The number of anilines is 2. The Balaban J connectivity index is 1.70. The number of hydrogen-bond acceptors (Lipinski definition) is 7. The lowest BCUT2D eigenvalue weighted by Gasteiger charge is -2.15. The van der Waals surface area contributed by atoms with Crippen molar-refractivity contribution < 1.29 is 5.11 Å². The zero-order chi connectivity index (χ0) is 15.8. The van der Waals surface area contributed by atoms with Crippen LogP contribution < -0.4 is 11.1 Å². The molecule has 2 atom stereocenters. The fraction of sp³-hybridized carbons (Fsp3) is 0.375. The number of rotatable bonds is 3. The van der Waals surface area contributed by atoms with Gasteiger partial charge in [0.2, 0.25) is 5.95 Å². The highest BCUT2D eigenvalue weighted by Crippen LogP contribution is 2.27. The average Bonchev–Trinajstić information content (AvgIpc) is 3.18. The van der Waals surface area contributed by atoms with Crippen LogP contribution in [-0.4, -0.2) is 45.0 Å². The standard InChI is InChI=1S/C16H18N6O/c17-16-21-14(19-10-1-2-11(23)7-10)12-3-4-13(20-15(12)22-16)9-5-6-18-8-9/h3-6,10-11,23H,1-2,7-8H2,(H3,17,19,20,21,22)/t10-,11-/m0/s1. The molecule has 23 heavy (non-hydrogen) atoms. The normalized spacial score (nSPS) is 23.4. The van der Waals surface area contributed by atoms with E-state index in [2.05, 4.69) is 25.3 Å². The number of fused-ring (bicyclic) bond motifs is 1. The van der Waals surface area contributed by atoms with Gasteiger partial charge in [0.25, 0.3) is 0 Å². The van der Waals surface area contributed by atoms with E-state index in [4.69, 9.17) is 5.73 Å². The molecule has 0 radical (unpaired) electrons. The van der Waals surface area contributed by atoms with E-state index in [1.54, 1.807) is 6.21 Å². The largest absolute Gasteiger partial charge is 0.393 e. The third kappa shape index (κ3) is 2.75. The van der Waals surface area contributed by atoms with E-state index in [1.807, 2.05) is 18.2 Å². The summed E-state index contributed by atoms with van der Waals surface area (Å²) >= 11 is 0. The number of nitrogens with one attached hydrogen (secondary N) is 1. The second-order valence-electron chi connectivity index (χ2n) is 5.99. The van der Waals surface area contributed by atoms with E-state index in [9.17, 15) is 5.11 Å². The summed E-state index contributed by atoms with van der Waals surface area (Å²) in [6.45, 7) is 0.643. The molecule has 3 heterocycles. The van der Waals surface area contributed by atoms with E-state index in [-0.39, 0.29) is 18.1 Å². The lowest BCUT2D eigenvalue weighted by atomic mass is 10.1. The molecule has 0 amide bonds. The number of hydrogen-bond donors (Lipinski definition) is 3. The van der Waals surface area contributed by atoms with Crippen molar-refractivity contribution in [1.29, 1.82) is 0 Å². The molecule has 4 rings (SSSR count). The maximum atomic E-state index is 9.68. The molecule has 2 aromatic heterocycles. The summed E-state index contributed by atoms with van der Waals surface area (Å²) in [4.78, 5) is 17.3. The van der Waals surface area contributed by atoms with Gasteiger partial charge in [0, 0.05) is 17.8 Å². The van der Waals surface area contributed by atoms with Crippen molar-refractivity contribution in [2.45, 2.75) is 31.4 Å². The minimum Gasteiger partial charge on any atom is -0.393 e. The minimum absolute atomic E-state index is 0.194. The van der Waals surface area contributed by atoms with Crippen LogP contribution in [0.3, 0.4) is 0 Å². The Kier molecular flexibility index (Phi) is 3.42. The topological polar surface area (TPSA) is 109 Å². The number of aliphatic hydroxyl groups is 1. The first-order valence-corrected chi connectivity index (χ1v) is 7.77. The van der Waals surface area contributed by atoms with Gasteiger partial charge in [-0.2, -0.15) is 9.97 Å². The maximum Gasteiger partial charge on any atom is 0.224 e. The number of pyridine rings is 1. The van der Waals surface area contributed by atoms with E-state index in [0.717, 1.165) is 35.9 Å². The van der Waals surface area contributed by atoms with E-state index >= 15 is 0 Å². The van der Waals surface area contributed by atoms with Crippen molar-refractivity contribution in [3.8, 4) is 0 Å². The highest BCUT2D eigenvalue weighted by Gasteiger charge is 2.24. The molecule has 2 aliphatic rings. The molecule has 0 aromatic carbocycles. The molecule has 118 valence electrons. The van der Waals surface area contributed by atoms with Crippen LogP contribution >= 0.6 is 0 Å². The van der Waals surface area contributed by atoms with Crippen LogP contribution in [0.25, 0.3) is 16.6 Å². The molecule has 1 aliphatic heterocycles. The predicted molar refractivity (Wildman–Crippen MR) is 90.3 cm³/mol.